The van der Waals surface area contributed by atoms with Crippen LogP contribution in [0, 0.1) is 11.6 Å². The maximum Gasteiger partial charge on any atom is 0.191 e. The number of aromatic nitrogens is 1. The molecule has 0 saturated heterocycles. The number of halogens is 3. The maximum atomic E-state index is 13.5. The second-order valence-corrected chi connectivity index (χ2v) is 4.83. The van der Waals surface area contributed by atoms with Gasteiger partial charge in [-0.1, -0.05) is 35.9 Å². The van der Waals surface area contributed by atoms with Gasteiger partial charge in [-0.15, -0.1) is 0 Å². The van der Waals surface area contributed by atoms with Gasteiger partial charge in [0, 0.05) is 10.9 Å². The second kappa shape index (κ2) is 5.66. The Morgan fingerprint density at radius 2 is 1.71 bits per heavy atom. The molecular weight excluding hydrogens is 296 g/mol. The standard InChI is InChI=1S/C16H10ClF2NO/c17-16-11(8-10-4-1-2-7-14(10)20-16)9-21-15-12(18)5-3-6-13(15)19/h1-8H,9H2. The number of rotatable bonds is 3. The lowest BCUT2D eigenvalue weighted by molar-refractivity contribution is 0.274. The number of benzene rings is 2. The molecule has 2 nitrogen and oxygen atoms in total. The molecule has 2 aromatic carbocycles. The lowest BCUT2D eigenvalue weighted by atomic mass is 10.2. The van der Waals surface area contributed by atoms with E-state index >= 15 is 0 Å². The summed E-state index contributed by atoms with van der Waals surface area (Å²) >= 11 is 6.07. The smallest absolute Gasteiger partial charge is 0.191 e. The number of fused-ring (bicyclic) bond motifs is 1. The molecule has 106 valence electrons. The number of para-hydroxylation sites is 2. The average molecular weight is 306 g/mol. The SMILES string of the molecule is Fc1cccc(F)c1OCc1cc2ccccc2nc1Cl. The van der Waals surface area contributed by atoms with Crippen molar-refractivity contribution in [3.63, 3.8) is 0 Å². The number of hydrogen-bond donors (Lipinski definition) is 0. The van der Waals surface area contributed by atoms with Crippen molar-refractivity contribution in [1.29, 1.82) is 0 Å². The Kier molecular flexibility index (Phi) is 3.71. The van der Waals surface area contributed by atoms with E-state index in [-0.39, 0.29) is 11.8 Å². The van der Waals surface area contributed by atoms with Crippen LogP contribution in [0.25, 0.3) is 10.9 Å². The van der Waals surface area contributed by atoms with Crippen molar-refractivity contribution in [3.05, 3.63) is 70.9 Å². The Labute approximate surface area is 125 Å². The summed E-state index contributed by atoms with van der Waals surface area (Å²) in [6.07, 6.45) is 0. The predicted octanol–water partition coefficient (Wildman–Crippen LogP) is 4.75. The molecule has 0 bridgehead atoms. The Morgan fingerprint density at radius 1 is 1.00 bits per heavy atom. The van der Waals surface area contributed by atoms with Crippen LogP contribution in [0.4, 0.5) is 8.78 Å². The minimum atomic E-state index is -0.750. The van der Waals surface area contributed by atoms with Crippen molar-refractivity contribution in [3.8, 4) is 5.75 Å². The van der Waals surface area contributed by atoms with Crippen LogP contribution in [0.1, 0.15) is 5.56 Å². The third kappa shape index (κ3) is 2.81. The van der Waals surface area contributed by atoms with Crippen molar-refractivity contribution in [2.24, 2.45) is 0 Å². The molecule has 0 amide bonds. The van der Waals surface area contributed by atoms with Crippen molar-refractivity contribution >= 4 is 22.5 Å². The van der Waals surface area contributed by atoms with Gasteiger partial charge in [0.15, 0.2) is 17.4 Å². The minimum absolute atomic E-state index is 0.0610. The van der Waals surface area contributed by atoms with Gasteiger partial charge in [0.1, 0.15) is 11.8 Å². The van der Waals surface area contributed by atoms with Gasteiger partial charge in [-0.05, 0) is 24.3 Å². The second-order valence-electron chi connectivity index (χ2n) is 4.47. The molecule has 0 unspecified atom stereocenters. The largest absolute Gasteiger partial charge is 0.483 e. The lowest BCUT2D eigenvalue weighted by Gasteiger charge is -2.10. The third-order valence-electron chi connectivity index (χ3n) is 3.04. The number of ether oxygens (including phenoxy) is 1. The molecule has 0 fully saturated rings. The van der Waals surface area contributed by atoms with E-state index in [1.165, 1.54) is 6.07 Å². The summed E-state index contributed by atoms with van der Waals surface area (Å²) in [4.78, 5) is 4.23. The van der Waals surface area contributed by atoms with E-state index in [0.717, 1.165) is 23.0 Å². The van der Waals surface area contributed by atoms with Crippen LogP contribution in [0.15, 0.2) is 48.5 Å². The monoisotopic (exact) mass is 305 g/mol. The highest BCUT2D eigenvalue weighted by Crippen LogP contribution is 2.25. The lowest BCUT2D eigenvalue weighted by Crippen LogP contribution is -2.01. The zero-order chi connectivity index (χ0) is 14.8. The highest BCUT2D eigenvalue weighted by molar-refractivity contribution is 6.30. The highest BCUT2D eigenvalue weighted by Gasteiger charge is 2.11. The van der Waals surface area contributed by atoms with Gasteiger partial charge in [-0.3, -0.25) is 0 Å². The average Bonchev–Trinajstić information content (AvgIpc) is 2.47. The molecule has 0 N–H and O–H groups in total. The first kappa shape index (κ1) is 13.8. The fraction of sp³-hybridized carbons (Fsp3) is 0.0625. The Morgan fingerprint density at radius 3 is 2.48 bits per heavy atom. The minimum Gasteiger partial charge on any atom is -0.483 e. The zero-order valence-electron chi connectivity index (χ0n) is 10.8. The van der Waals surface area contributed by atoms with Crippen LogP contribution < -0.4 is 4.74 Å². The van der Waals surface area contributed by atoms with Crippen LogP contribution in [0.3, 0.4) is 0 Å². The van der Waals surface area contributed by atoms with Crippen molar-refractivity contribution in [2.45, 2.75) is 6.61 Å². The summed E-state index contributed by atoms with van der Waals surface area (Å²) in [5.41, 5.74) is 1.32. The van der Waals surface area contributed by atoms with Crippen molar-refractivity contribution < 1.29 is 13.5 Å². The molecule has 0 saturated carbocycles. The zero-order valence-corrected chi connectivity index (χ0v) is 11.6. The van der Waals surface area contributed by atoms with Crippen LogP contribution in [-0.4, -0.2) is 4.98 Å². The van der Waals surface area contributed by atoms with Gasteiger partial charge in [0.2, 0.25) is 0 Å². The van der Waals surface area contributed by atoms with Gasteiger partial charge in [0.05, 0.1) is 5.52 Å². The van der Waals surface area contributed by atoms with Gasteiger partial charge >= 0.3 is 0 Å². The van der Waals surface area contributed by atoms with E-state index in [1.807, 2.05) is 24.3 Å². The van der Waals surface area contributed by atoms with Crippen LogP contribution >= 0.6 is 11.6 Å². The summed E-state index contributed by atoms with van der Waals surface area (Å²) in [7, 11) is 0. The summed E-state index contributed by atoms with van der Waals surface area (Å²) in [5, 5.41) is 1.14. The molecular formula is C16H10ClF2NO. The Hall–Kier alpha value is -2.20. The molecule has 3 rings (SSSR count). The molecule has 21 heavy (non-hydrogen) atoms. The van der Waals surface area contributed by atoms with Gasteiger partial charge in [0.25, 0.3) is 0 Å². The van der Waals surface area contributed by atoms with E-state index in [9.17, 15) is 8.78 Å². The summed E-state index contributed by atoms with van der Waals surface area (Å²) in [6, 6.07) is 12.8. The third-order valence-corrected chi connectivity index (χ3v) is 3.37. The molecule has 1 aromatic heterocycles. The maximum absolute atomic E-state index is 13.5. The van der Waals surface area contributed by atoms with Crippen LogP contribution in [0.2, 0.25) is 5.15 Å². The first-order valence-electron chi connectivity index (χ1n) is 6.26. The molecule has 0 atom stereocenters. The Bertz CT molecular complexity index is 787. The molecule has 0 aliphatic rings. The quantitative estimate of drug-likeness (QED) is 0.652. The summed E-state index contributed by atoms with van der Waals surface area (Å²) < 4.78 is 32.2. The molecule has 1 heterocycles. The van der Waals surface area contributed by atoms with E-state index in [4.69, 9.17) is 16.3 Å². The van der Waals surface area contributed by atoms with Gasteiger partial charge in [-0.2, -0.15) is 0 Å². The van der Waals surface area contributed by atoms with E-state index in [1.54, 1.807) is 6.07 Å². The summed E-state index contributed by atoms with van der Waals surface area (Å²) in [5.74, 6) is -1.92. The first-order chi connectivity index (χ1) is 10.1. The van der Waals surface area contributed by atoms with E-state index < -0.39 is 17.4 Å². The fourth-order valence-electron chi connectivity index (χ4n) is 2.01. The molecule has 5 heteroatoms. The predicted molar refractivity (Wildman–Crippen MR) is 77.4 cm³/mol. The molecule has 0 aliphatic heterocycles. The van der Waals surface area contributed by atoms with Crippen LogP contribution in [0.5, 0.6) is 5.75 Å². The molecule has 3 aromatic rings. The normalized spacial score (nSPS) is 10.8. The number of nitrogens with zero attached hydrogens (tertiary/aromatic N) is 1. The van der Waals surface area contributed by atoms with Crippen molar-refractivity contribution in [2.75, 3.05) is 0 Å². The van der Waals surface area contributed by atoms with Crippen LogP contribution in [-0.2, 0) is 6.61 Å². The highest BCUT2D eigenvalue weighted by atomic mass is 35.5. The van der Waals surface area contributed by atoms with E-state index in [0.29, 0.717) is 5.56 Å². The van der Waals surface area contributed by atoms with E-state index in [2.05, 4.69) is 4.98 Å². The van der Waals surface area contributed by atoms with Crippen molar-refractivity contribution in [1.82, 2.24) is 4.98 Å². The molecule has 0 radical (unpaired) electrons. The van der Waals surface area contributed by atoms with Gasteiger partial charge in [-0.25, -0.2) is 13.8 Å². The Balaban J connectivity index is 1.90. The molecule has 0 aliphatic carbocycles. The number of pyridine rings is 1. The summed E-state index contributed by atoms with van der Waals surface area (Å²) in [6.45, 7) is -0.0610. The molecule has 0 spiro atoms. The topological polar surface area (TPSA) is 22.1 Å². The van der Waals surface area contributed by atoms with Gasteiger partial charge < -0.3 is 4.74 Å². The number of hydrogen-bond acceptors (Lipinski definition) is 2. The fourth-order valence-corrected chi connectivity index (χ4v) is 2.21. The first-order valence-corrected chi connectivity index (χ1v) is 6.64.